The first-order chi connectivity index (χ1) is 11.9. The number of hydrogen-bond acceptors (Lipinski definition) is 3. The molecule has 26 heavy (non-hydrogen) atoms. The summed E-state index contributed by atoms with van der Waals surface area (Å²) >= 11 is 0. The summed E-state index contributed by atoms with van der Waals surface area (Å²) < 4.78 is 25.5. The molecule has 150 valence electrons. The number of benzene rings is 1. The van der Waals surface area contributed by atoms with E-state index < -0.39 is 10.0 Å². The number of nitrogens with one attached hydrogen (secondary N) is 3. The Kier molecular flexibility index (Phi) is 12.7. The molecule has 0 spiro atoms. The van der Waals surface area contributed by atoms with Gasteiger partial charge in [0.1, 0.15) is 0 Å². The molecule has 1 aromatic carbocycles. The Hall–Kier alpha value is -1.03. The van der Waals surface area contributed by atoms with E-state index >= 15 is 0 Å². The molecular formula is C18H33IN4O2S. The highest BCUT2D eigenvalue weighted by Gasteiger charge is 2.09. The summed E-state index contributed by atoms with van der Waals surface area (Å²) in [5.74, 6) is 0.720. The van der Waals surface area contributed by atoms with Crippen LogP contribution in [0.3, 0.4) is 0 Å². The first kappa shape index (κ1) is 25.0. The molecule has 1 aromatic rings. The maximum atomic E-state index is 11.5. The topological polar surface area (TPSA) is 82.6 Å². The van der Waals surface area contributed by atoms with Gasteiger partial charge in [0.15, 0.2) is 5.96 Å². The number of guanidine groups is 1. The standard InChI is InChI=1S/C18H32N4O2S.HI/c1-5-6-7-8-11-15(2)21-18(19-3)20-14-16-12-9-10-13-17(16)22-25(4,23)24;/h9-10,12-13,15,22H,5-8,11,14H2,1-4H3,(H2,19,20,21);1H. The van der Waals surface area contributed by atoms with Crippen LogP contribution >= 0.6 is 24.0 Å². The molecule has 0 fully saturated rings. The Balaban J connectivity index is 0.00000625. The summed E-state index contributed by atoms with van der Waals surface area (Å²) in [4.78, 5) is 4.25. The Morgan fingerprint density at radius 3 is 2.50 bits per heavy atom. The van der Waals surface area contributed by atoms with E-state index in [1.807, 2.05) is 18.2 Å². The van der Waals surface area contributed by atoms with Crippen LogP contribution in [0.25, 0.3) is 0 Å². The summed E-state index contributed by atoms with van der Waals surface area (Å²) in [5, 5.41) is 6.63. The summed E-state index contributed by atoms with van der Waals surface area (Å²) in [6, 6.07) is 7.68. The molecule has 0 bridgehead atoms. The maximum Gasteiger partial charge on any atom is 0.229 e. The number of para-hydroxylation sites is 1. The molecule has 0 amide bonds. The lowest BCUT2D eigenvalue weighted by Crippen LogP contribution is -2.41. The lowest BCUT2D eigenvalue weighted by molar-refractivity contribution is 0.537. The summed E-state index contributed by atoms with van der Waals surface area (Å²) in [6.07, 6.45) is 7.25. The van der Waals surface area contributed by atoms with Crippen LogP contribution in [0.4, 0.5) is 5.69 Å². The van der Waals surface area contributed by atoms with Gasteiger partial charge in [-0.05, 0) is 25.0 Å². The van der Waals surface area contributed by atoms with Crippen LogP contribution in [0.5, 0.6) is 0 Å². The fraction of sp³-hybridized carbons (Fsp3) is 0.611. The lowest BCUT2D eigenvalue weighted by Gasteiger charge is -2.19. The van der Waals surface area contributed by atoms with Crippen molar-refractivity contribution in [2.45, 2.75) is 58.5 Å². The molecule has 0 aliphatic heterocycles. The molecule has 0 saturated heterocycles. The maximum absolute atomic E-state index is 11.5. The van der Waals surface area contributed by atoms with Crippen LogP contribution in [0.1, 0.15) is 51.5 Å². The average Bonchev–Trinajstić information content (AvgIpc) is 2.55. The minimum absolute atomic E-state index is 0. The van der Waals surface area contributed by atoms with E-state index in [0.29, 0.717) is 18.3 Å². The van der Waals surface area contributed by atoms with Gasteiger partial charge in [0, 0.05) is 19.6 Å². The van der Waals surface area contributed by atoms with Crippen molar-refractivity contribution in [3.8, 4) is 0 Å². The second-order valence-electron chi connectivity index (χ2n) is 6.35. The Morgan fingerprint density at radius 1 is 1.19 bits per heavy atom. The Labute approximate surface area is 175 Å². The quantitative estimate of drug-likeness (QED) is 0.200. The summed E-state index contributed by atoms with van der Waals surface area (Å²) in [7, 11) is -1.57. The first-order valence-corrected chi connectivity index (χ1v) is 10.8. The SMILES string of the molecule is CCCCCCC(C)NC(=NC)NCc1ccccc1NS(C)(=O)=O.I. The predicted octanol–water partition coefficient (Wildman–Crippen LogP) is 3.70. The van der Waals surface area contributed by atoms with Gasteiger partial charge < -0.3 is 10.6 Å². The third kappa shape index (κ3) is 10.8. The van der Waals surface area contributed by atoms with E-state index in [0.717, 1.165) is 24.2 Å². The van der Waals surface area contributed by atoms with Crippen LogP contribution in [-0.4, -0.2) is 33.7 Å². The minimum Gasteiger partial charge on any atom is -0.354 e. The highest BCUT2D eigenvalue weighted by Crippen LogP contribution is 2.15. The van der Waals surface area contributed by atoms with E-state index in [1.54, 1.807) is 13.1 Å². The number of anilines is 1. The number of aliphatic imine (C=N–C) groups is 1. The van der Waals surface area contributed by atoms with Crippen molar-refractivity contribution < 1.29 is 8.42 Å². The molecule has 0 aliphatic rings. The minimum atomic E-state index is -3.30. The third-order valence-corrected chi connectivity index (χ3v) is 4.45. The molecule has 1 unspecified atom stereocenters. The van der Waals surface area contributed by atoms with E-state index in [2.05, 4.69) is 34.2 Å². The van der Waals surface area contributed by atoms with Crippen LogP contribution in [-0.2, 0) is 16.6 Å². The third-order valence-electron chi connectivity index (χ3n) is 3.86. The number of sulfonamides is 1. The summed E-state index contributed by atoms with van der Waals surface area (Å²) in [6.45, 7) is 4.85. The van der Waals surface area contributed by atoms with Gasteiger partial charge in [-0.3, -0.25) is 9.71 Å². The van der Waals surface area contributed by atoms with Crippen LogP contribution < -0.4 is 15.4 Å². The number of rotatable bonds is 10. The molecule has 0 aliphatic carbocycles. The normalized spacial score (nSPS) is 12.8. The first-order valence-electron chi connectivity index (χ1n) is 8.88. The Morgan fingerprint density at radius 2 is 1.88 bits per heavy atom. The number of unbranched alkanes of at least 4 members (excludes halogenated alkanes) is 3. The second kappa shape index (κ2) is 13.2. The molecule has 0 heterocycles. The number of hydrogen-bond donors (Lipinski definition) is 3. The van der Waals surface area contributed by atoms with Crippen molar-refractivity contribution in [1.82, 2.24) is 10.6 Å². The zero-order chi connectivity index (χ0) is 18.7. The van der Waals surface area contributed by atoms with Crippen LogP contribution in [0.15, 0.2) is 29.3 Å². The molecule has 3 N–H and O–H groups in total. The van der Waals surface area contributed by atoms with E-state index in [4.69, 9.17) is 0 Å². The molecular weight excluding hydrogens is 463 g/mol. The molecule has 6 nitrogen and oxygen atoms in total. The van der Waals surface area contributed by atoms with Gasteiger partial charge >= 0.3 is 0 Å². The number of nitrogens with zero attached hydrogens (tertiary/aromatic N) is 1. The molecule has 1 atom stereocenters. The largest absolute Gasteiger partial charge is 0.354 e. The van der Waals surface area contributed by atoms with Crippen molar-refractivity contribution >= 4 is 45.6 Å². The second-order valence-corrected chi connectivity index (χ2v) is 8.10. The smallest absolute Gasteiger partial charge is 0.229 e. The van der Waals surface area contributed by atoms with Gasteiger partial charge in [0.2, 0.25) is 10.0 Å². The molecule has 0 aromatic heterocycles. The van der Waals surface area contributed by atoms with Gasteiger partial charge in [-0.15, -0.1) is 24.0 Å². The van der Waals surface area contributed by atoms with Crippen LogP contribution in [0, 0.1) is 0 Å². The highest BCUT2D eigenvalue weighted by atomic mass is 127. The zero-order valence-electron chi connectivity index (χ0n) is 16.2. The molecule has 0 radical (unpaired) electrons. The fourth-order valence-corrected chi connectivity index (χ4v) is 3.13. The highest BCUT2D eigenvalue weighted by molar-refractivity contribution is 14.0. The van der Waals surface area contributed by atoms with Crippen molar-refractivity contribution in [2.75, 3.05) is 18.0 Å². The molecule has 1 rings (SSSR count). The van der Waals surface area contributed by atoms with Gasteiger partial charge in [-0.1, -0.05) is 50.8 Å². The van der Waals surface area contributed by atoms with Gasteiger partial charge in [0.25, 0.3) is 0 Å². The number of halogens is 1. The molecule has 8 heteroatoms. The van der Waals surface area contributed by atoms with Crippen molar-refractivity contribution in [3.63, 3.8) is 0 Å². The van der Waals surface area contributed by atoms with E-state index in [-0.39, 0.29) is 24.0 Å². The summed E-state index contributed by atoms with van der Waals surface area (Å²) in [5.41, 5.74) is 1.45. The monoisotopic (exact) mass is 496 g/mol. The average molecular weight is 496 g/mol. The molecule has 0 saturated carbocycles. The van der Waals surface area contributed by atoms with Gasteiger partial charge in [-0.25, -0.2) is 8.42 Å². The van der Waals surface area contributed by atoms with Gasteiger partial charge in [-0.2, -0.15) is 0 Å². The van der Waals surface area contributed by atoms with Crippen LogP contribution in [0.2, 0.25) is 0 Å². The van der Waals surface area contributed by atoms with Gasteiger partial charge in [0.05, 0.1) is 11.9 Å². The predicted molar refractivity (Wildman–Crippen MR) is 122 cm³/mol. The fourth-order valence-electron chi connectivity index (χ4n) is 2.53. The van der Waals surface area contributed by atoms with Crippen molar-refractivity contribution in [3.05, 3.63) is 29.8 Å². The lowest BCUT2D eigenvalue weighted by atomic mass is 10.1. The van der Waals surface area contributed by atoms with E-state index in [1.165, 1.54) is 25.7 Å². The van der Waals surface area contributed by atoms with E-state index in [9.17, 15) is 8.42 Å². The zero-order valence-corrected chi connectivity index (χ0v) is 19.4. The van der Waals surface area contributed by atoms with Crippen molar-refractivity contribution in [1.29, 1.82) is 0 Å². The Bertz CT molecular complexity index is 650. The van der Waals surface area contributed by atoms with Crippen molar-refractivity contribution in [2.24, 2.45) is 4.99 Å².